The summed E-state index contributed by atoms with van der Waals surface area (Å²) in [5.74, 6) is 0.775. The number of anilines is 1. The number of amides is 2. The van der Waals surface area contributed by atoms with Gasteiger partial charge in [-0.05, 0) is 24.6 Å². The van der Waals surface area contributed by atoms with E-state index in [0.29, 0.717) is 6.54 Å². The van der Waals surface area contributed by atoms with Crippen LogP contribution < -0.4 is 10.1 Å². The molecule has 1 heterocycles. The fourth-order valence-electron chi connectivity index (χ4n) is 1.99. The predicted molar refractivity (Wildman–Crippen MR) is 82.5 cm³/mol. The van der Waals surface area contributed by atoms with Crippen molar-refractivity contribution in [2.45, 2.75) is 13.5 Å². The molecule has 0 aliphatic carbocycles. The molecule has 0 spiro atoms. The molecule has 21 heavy (non-hydrogen) atoms. The van der Waals surface area contributed by atoms with E-state index in [2.05, 4.69) is 10.3 Å². The fourth-order valence-corrected chi connectivity index (χ4v) is 1.99. The third-order valence-electron chi connectivity index (χ3n) is 3.21. The van der Waals surface area contributed by atoms with Gasteiger partial charge in [0.15, 0.2) is 0 Å². The lowest BCUT2D eigenvalue weighted by Crippen LogP contribution is -2.31. The summed E-state index contributed by atoms with van der Waals surface area (Å²) in [4.78, 5) is 17.8. The number of para-hydroxylation sites is 1. The van der Waals surface area contributed by atoms with Crippen LogP contribution in [0.4, 0.5) is 10.5 Å². The van der Waals surface area contributed by atoms with Crippen molar-refractivity contribution in [3.63, 3.8) is 0 Å². The van der Waals surface area contributed by atoms with Crippen molar-refractivity contribution in [1.82, 2.24) is 9.88 Å². The first-order chi connectivity index (χ1) is 10.1. The minimum atomic E-state index is -0.171. The molecule has 5 nitrogen and oxygen atoms in total. The zero-order valence-corrected chi connectivity index (χ0v) is 12.5. The Balaban J connectivity index is 2.05. The van der Waals surface area contributed by atoms with E-state index >= 15 is 0 Å². The maximum Gasteiger partial charge on any atom is 0.321 e. The Kier molecular flexibility index (Phi) is 4.77. The summed E-state index contributed by atoms with van der Waals surface area (Å²) in [5, 5.41) is 2.87. The van der Waals surface area contributed by atoms with Crippen molar-refractivity contribution in [3.8, 4) is 5.75 Å². The van der Waals surface area contributed by atoms with Crippen molar-refractivity contribution in [3.05, 3.63) is 53.9 Å². The van der Waals surface area contributed by atoms with Gasteiger partial charge in [0.2, 0.25) is 0 Å². The number of carbonyl (C=O) groups is 1. The Morgan fingerprint density at radius 3 is 2.81 bits per heavy atom. The normalized spacial score (nSPS) is 10.0. The molecule has 5 heteroatoms. The van der Waals surface area contributed by atoms with Gasteiger partial charge in [-0.1, -0.05) is 18.2 Å². The van der Waals surface area contributed by atoms with Crippen LogP contribution in [0.3, 0.4) is 0 Å². The van der Waals surface area contributed by atoms with Gasteiger partial charge >= 0.3 is 6.03 Å². The number of pyridine rings is 1. The number of hydrogen-bond acceptors (Lipinski definition) is 3. The predicted octanol–water partition coefficient (Wildman–Crippen LogP) is 3.06. The summed E-state index contributed by atoms with van der Waals surface area (Å²) in [5.41, 5.74) is 2.66. The van der Waals surface area contributed by atoms with E-state index in [-0.39, 0.29) is 6.03 Å². The highest BCUT2D eigenvalue weighted by Gasteiger charge is 2.12. The molecule has 0 bridgehead atoms. The number of urea groups is 1. The highest BCUT2D eigenvalue weighted by Crippen LogP contribution is 2.19. The van der Waals surface area contributed by atoms with E-state index in [1.807, 2.05) is 31.2 Å². The number of hydrogen-bond donors (Lipinski definition) is 1. The topological polar surface area (TPSA) is 54.5 Å². The molecule has 0 aliphatic rings. The Bertz CT molecular complexity index is 628. The van der Waals surface area contributed by atoms with E-state index in [4.69, 9.17) is 4.74 Å². The summed E-state index contributed by atoms with van der Waals surface area (Å²) in [6.45, 7) is 2.38. The summed E-state index contributed by atoms with van der Waals surface area (Å²) in [6, 6.07) is 9.27. The van der Waals surface area contributed by atoms with Crippen LogP contribution >= 0.6 is 0 Å². The number of nitrogens with zero attached hydrogens (tertiary/aromatic N) is 2. The average molecular weight is 285 g/mol. The summed E-state index contributed by atoms with van der Waals surface area (Å²) >= 11 is 0. The van der Waals surface area contributed by atoms with Crippen LogP contribution in [0.5, 0.6) is 5.75 Å². The molecule has 1 N–H and O–H groups in total. The number of rotatable bonds is 4. The molecule has 2 aromatic rings. The van der Waals surface area contributed by atoms with Gasteiger partial charge in [-0.3, -0.25) is 4.98 Å². The van der Waals surface area contributed by atoms with Crippen LogP contribution in [0, 0.1) is 6.92 Å². The minimum absolute atomic E-state index is 0.171. The van der Waals surface area contributed by atoms with Crippen LogP contribution in [0.1, 0.15) is 11.1 Å². The zero-order valence-electron chi connectivity index (χ0n) is 12.5. The second-order valence-electron chi connectivity index (χ2n) is 4.79. The van der Waals surface area contributed by atoms with Gasteiger partial charge in [0.05, 0.1) is 13.7 Å². The average Bonchev–Trinajstić information content (AvgIpc) is 2.50. The molecule has 0 radical (unpaired) electrons. The maximum absolute atomic E-state index is 12.2. The smallest absolute Gasteiger partial charge is 0.321 e. The van der Waals surface area contributed by atoms with E-state index in [9.17, 15) is 4.79 Å². The lowest BCUT2D eigenvalue weighted by atomic mass is 10.2. The van der Waals surface area contributed by atoms with Crippen molar-refractivity contribution < 1.29 is 9.53 Å². The molecule has 1 aromatic heterocycles. The highest BCUT2D eigenvalue weighted by atomic mass is 16.5. The fraction of sp³-hybridized carbons (Fsp3) is 0.250. The van der Waals surface area contributed by atoms with Crippen LogP contribution in [0.2, 0.25) is 0 Å². The quantitative estimate of drug-likeness (QED) is 0.939. The van der Waals surface area contributed by atoms with Crippen LogP contribution in [-0.4, -0.2) is 30.1 Å². The molecule has 0 aliphatic heterocycles. The first-order valence-electron chi connectivity index (χ1n) is 6.66. The third-order valence-corrected chi connectivity index (χ3v) is 3.21. The number of aryl methyl sites for hydroxylation is 1. The molecular weight excluding hydrogens is 266 g/mol. The van der Waals surface area contributed by atoms with Gasteiger partial charge in [0.1, 0.15) is 5.75 Å². The van der Waals surface area contributed by atoms with E-state index in [1.54, 1.807) is 37.5 Å². The largest absolute Gasteiger partial charge is 0.496 e. The standard InChI is InChI=1S/C16H19N3O2/c1-12-10-17-9-8-14(12)18-16(20)19(2)11-13-6-4-5-7-15(13)21-3/h4-10H,11H2,1-3H3,(H,17,18,20). The molecule has 1 aromatic carbocycles. The van der Waals surface area contributed by atoms with Gasteiger partial charge in [0.25, 0.3) is 0 Å². The number of ether oxygens (including phenoxy) is 1. The third kappa shape index (κ3) is 3.72. The second kappa shape index (κ2) is 6.74. The molecule has 0 saturated heterocycles. The Morgan fingerprint density at radius 1 is 1.33 bits per heavy atom. The number of carbonyl (C=O) groups excluding carboxylic acids is 1. The zero-order chi connectivity index (χ0) is 15.2. The first-order valence-corrected chi connectivity index (χ1v) is 6.66. The molecule has 110 valence electrons. The lowest BCUT2D eigenvalue weighted by molar-refractivity contribution is 0.220. The summed E-state index contributed by atoms with van der Waals surface area (Å²) in [7, 11) is 3.37. The van der Waals surface area contributed by atoms with Gasteiger partial charge in [0, 0.05) is 30.7 Å². The minimum Gasteiger partial charge on any atom is -0.496 e. The van der Waals surface area contributed by atoms with Crippen molar-refractivity contribution in [1.29, 1.82) is 0 Å². The van der Waals surface area contributed by atoms with Crippen molar-refractivity contribution in [2.75, 3.05) is 19.5 Å². The summed E-state index contributed by atoms with van der Waals surface area (Å²) < 4.78 is 5.30. The van der Waals surface area contributed by atoms with Crippen LogP contribution in [0.15, 0.2) is 42.7 Å². The molecule has 0 saturated carbocycles. The second-order valence-corrected chi connectivity index (χ2v) is 4.79. The lowest BCUT2D eigenvalue weighted by Gasteiger charge is -2.20. The Morgan fingerprint density at radius 2 is 2.10 bits per heavy atom. The molecule has 2 rings (SSSR count). The Hall–Kier alpha value is -2.56. The van der Waals surface area contributed by atoms with E-state index in [0.717, 1.165) is 22.6 Å². The molecule has 0 fully saturated rings. The van der Waals surface area contributed by atoms with Gasteiger partial charge < -0.3 is 15.0 Å². The monoisotopic (exact) mass is 285 g/mol. The molecule has 2 amide bonds. The van der Waals surface area contributed by atoms with Crippen LogP contribution in [0.25, 0.3) is 0 Å². The van der Waals surface area contributed by atoms with Crippen molar-refractivity contribution in [2.24, 2.45) is 0 Å². The van der Waals surface area contributed by atoms with E-state index in [1.165, 1.54) is 0 Å². The van der Waals surface area contributed by atoms with Gasteiger partial charge in [-0.25, -0.2) is 4.79 Å². The SMILES string of the molecule is COc1ccccc1CN(C)C(=O)Nc1ccncc1C. The molecule has 0 unspecified atom stereocenters. The summed E-state index contributed by atoms with van der Waals surface area (Å²) in [6.07, 6.45) is 3.37. The molecular formula is C16H19N3O2. The number of aromatic nitrogens is 1. The first kappa shape index (κ1) is 14.8. The highest BCUT2D eigenvalue weighted by molar-refractivity contribution is 5.89. The van der Waals surface area contributed by atoms with Gasteiger partial charge in [-0.2, -0.15) is 0 Å². The number of benzene rings is 1. The number of methoxy groups -OCH3 is 1. The molecule has 0 atom stereocenters. The van der Waals surface area contributed by atoms with E-state index < -0.39 is 0 Å². The Labute approximate surface area is 124 Å². The van der Waals surface area contributed by atoms with Gasteiger partial charge in [-0.15, -0.1) is 0 Å². The number of nitrogens with one attached hydrogen (secondary N) is 1. The maximum atomic E-state index is 12.2. The van der Waals surface area contributed by atoms with Crippen molar-refractivity contribution >= 4 is 11.7 Å². The van der Waals surface area contributed by atoms with Crippen LogP contribution in [-0.2, 0) is 6.54 Å².